The maximum Gasteiger partial charge on any atom is 0.319 e. The van der Waals surface area contributed by atoms with Crippen LogP contribution in [0.25, 0.3) is 0 Å². The lowest BCUT2D eigenvalue weighted by Crippen LogP contribution is -2.38. The quantitative estimate of drug-likeness (QED) is 0.897. The normalized spacial score (nSPS) is 12.3. The predicted molar refractivity (Wildman–Crippen MR) is 83.3 cm³/mol. The van der Waals surface area contributed by atoms with Crippen LogP contribution in [0.3, 0.4) is 0 Å². The number of hydrogen-bond acceptors (Lipinski definition) is 2. The second kappa shape index (κ2) is 7.41. The summed E-state index contributed by atoms with van der Waals surface area (Å²) in [5.41, 5.74) is 0.894. The highest BCUT2D eigenvalue weighted by atomic mass is 35.5. The van der Waals surface area contributed by atoms with Crippen LogP contribution in [0.4, 0.5) is 13.6 Å². The molecule has 0 aliphatic heterocycles. The molecule has 23 heavy (non-hydrogen) atoms. The second-order valence-electron chi connectivity index (χ2n) is 5.11. The van der Waals surface area contributed by atoms with Crippen LogP contribution in [-0.2, 0) is 6.54 Å². The molecule has 1 aromatic carbocycles. The van der Waals surface area contributed by atoms with Crippen molar-refractivity contribution in [3.05, 3.63) is 53.1 Å². The molecule has 0 fully saturated rings. The van der Waals surface area contributed by atoms with Gasteiger partial charge >= 0.3 is 12.6 Å². The van der Waals surface area contributed by atoms with E-state index in [1.807, 2.05) is 19.1 Å². The van der Waals surface area contributed by atoms with Gasteiger partial charge in [-0.1, -0.05) is 23.7 Å². The fourth-order valence-electron chi connectivity index (χ4n) is 2.06. The Kier molecular flexibility index (Phi) is 5.54. The van der Waals surface area contributed by atoms with Gasteiger partial charge < -0.3 is 10.2 Å². The Balaban J connectivity index is 1.97. The van der Waals surface area contributed by atoms with Crippen LogP contribution in [0.5, 0.6) is 0 Å². The molecule has 1 N–H and O–H groups in total. The predicted octanol–water partition coefficient (Wildman–Crippen LogP) is 3.83. The van der Waals surface area contributed by atoms with Gasteiger partial charge in [0.1, 0.15) is 5.82 Å². The van der Waals surface area contributed by atoms with Crippen molar-refractivity contribution >= 4 is 17.6 Å². The van der Waals surface area contributed by atoms with E-state index in [9.17, 15) is 13.6 Å². The molecule has 0 aliphatic carbocycles. The Labute approximate surface area is 137 Å². The molecule has 2 aromatic rings. The maximum absolute atomic E-state index is 12.8. The molecule has 1 unspecified atom stereocenters. The zero-order chi connectivity index (χ0) is 17.0. The van der Waals surface area contributed by atoms with Crippen molar-refractivity contribution in [2.75, 3.05) is 7.05 Å². The minimum absolute atomic E-state index is 0.0174. The number of urea groups is 1. The number of halogens is 3. The summed E-state index contributed by atoms with van der Waals surface area (Å²) >= 11 is 5.83. The van der Waals surface area contributed by atoms with E-state index in [1.165, 1.54) is 24.3 Å². The Bertz CT molecular complexity index is 660. The number of alkyl halides is 2. The fraction of sp³-hybridized carbons (Fsp3) is 0.333. The number of nitrogens with zero attached hydrogens (tertiary/aromatic N) is 3. The van der Waals surface area contributed by atoms with Crippen LogP contribution in [0.1, 0.15) is 30.9 Å². The lowest BCUT2D eigenvalue weighted by molar-refractivity contribution is 0.0650. The van der Waals surface area contributed by atoms with E-state index >= 15 is 0 Å². The van der Waals surface area contributed by atoms with Gasteiger partial charge in [-0.15, -0.1) is 0 Å². The Morgan fingerprint density at radius 1 is 1.39 bits per heavy atom. The lowest BCUT2D eigenvalue weighted by atomic mass is 10.1. The smallest absolute Gasteiger partial charge is 0.319 e. The third-order valence-corrected chi connectivity index (χ3v) is 3.65. The highest BCUT2D eigenvalue weighted by molar-refractivity contribution is 6.30. The van der Waals surface area contributed by atoms with Crippen LogP contribution in [0.2, 0.25) is 5.02 Å². The first-order chi connectivity index (χ1) is 10.9. The third kappa shape index (κ3) is 4.41. The summed E-state index contributed by atoms with van der Waals surface area (Å²) < 4.78 is 26.3. The van der Waals surface area contributed by atoms with Gasteiger partial charge in [0.25, 0.3) is 0 Å². The molecular weight excluding hydrogens is 326 g/mol. The Morgan fingerprint density at radius 3 is 2.65 bits per heavy atom. The van der Waals surface area contributed by atoms with E-state index in [4.69, 9.17) is 11.6 Å². The van der Waals surface area contributed by atoms with Gasteiger partial charge in [0.15, 0.2) is 0 Å². The number of benzene rings is 1. The number of nitrogens with one attached hydrogen (secondary N) is 1. The van der Waals surface area contributed by atoms with Gasteiger partial charge in [-0.05, 0) is 24.6 Å². The zero-order valence-electron chi connectivity index (χ0n) is 12.7. The van der Waals surface area contributed by atoms with Crippen LogP contribution >= 0.6 is 11.6 Å². The van der Waals surface area contributed by atoms with Gasteiger partial charge in [0, 0.05) is 24.5 Å². The average Bonchev–Trinajstić information content (AvgIpc) is 2.96. The summed E-state index contributed by atoms with van der Waals surface area (Å²) in [4.78, 5) is 17.3. The first-order valence-electron chi connectivity index (χ1n) is 6.95. The molecule has 1 atom stereocenters. The zero-order valence-corrected chi connectivity index (χ0v) is 13.5. The largest absolute Gasteiger partial charge is 0.331 e. The number of rotatable bonds is 5. The van der Waals surface area contributed by atoms with E-state index in [0.717, 1.165) is 10.1 Å². The summed E-state index contributed by atoms with van der Waals surface area (Å²) in [5, 5.41) is 3.41. The van der Waals surface area contributed by atoms with Crippen molar-refractivity contribution in [2.45, 2.75) is 26.1 Å². The lowest BCUT2D eigenvalue weighted by Gasteiger charge is -2.21. The molecule has 0 radical (unpaired) electrons. The minimum Gasteiger partial charge on any atom is -0.331 e. The summed E-state index contributed by atoms with van der Waals surface area (Å²) in [6.07, 6.45) is 2.46. The average molecular weight is 343 g/mol. The summed E-state index contributed by atoms with van der Waals surface area (Å²) in [7, 11) is 1.52. The van der Waals surface area contributed by atoms with Gasteiger partial charge in [0.05, 0.1) is 12.6 Å². The van der Waals surface area contributed by atoms with Gasteiger partial charge in [-0.3, -0.25) is 4.57 Å². The monoisotopic (exact) mass is 342 g/mol. The van der Waals surface area contributed by atoms with E-state index in [2.05, 4.69) is 10.3 Å². The van der Waals surface area contributed by atoms with Gasteiger partial charge in [-0.2, -0.15) is 8.78 Å². The standard InChI is InChI=1S/C15H17ClF2N4O/c1-10(11-3-5-12(16)6-4-11)20-15(23)21(2)9-13-19-7-8-22(13)14(17)18/h3-8,10,14H,9H2,1-2H3,(H,20,23). The molecule has 0 saturated carbocycles. The van der Waals surface area contributed by atoms with Gasteiger partial charge in [-0.25, -0.2) is 9.78 Å². The topological polar surface area (TPSA) is 50.2 Å². The van der Waals surface area contributed by atoms with Crippen LogP contribution < -0.4 is 5.32 Å². The number of aromatic nitrogens is 2. The number of amides is 2. The number of carbonyl (C=O) groups is 1. The van der Waals surface area contributed by atoms with Crippen molar-refractivity contribution in [3.63, 3.8) is 0 Å². The molecule has 5 nitrogen and oxygen atoms in total. The molecule has 1 aromatic heterocycles. The number of imidazole rings is 1. The summed E-state index contributed by atoms with van der Waals surface area (Å²) in [6.45, 7) is -0.872. The maximum atomic E-state index is 12.8. The third-order valence-electron chi connectivity index (χ3n) is 3.39. The van der Waals surface area contributed by atoms with Gasteiger partial charge in [0.2, 0.25) is 0 Å². The summed E-state index contributed by atoms with van der Waals surface area (Å²) in [6, 6.07) is 6.49. The van der Waals surface area contributed by atoms with Crippen LogP contribution in [-0.4, -0.2) is 27.5 Å². The molecular formula is C15H17ClF2N4O. The second-order valence-corrected chi connectivity index (χ2v) is 5.54. The van der Waals surface area contributed by atoms with Crippen molar-refractivity contribution in [3.8, 4) is 0 Å². The molecule has 0 aliphatic rings. The van der Waals surface area contributed by atoms with E-state index in [1.54, 1.807) is 12.1 Å². The molecule has 0 saturated heterocycles. The molecule has 0 spiro atoms. The minimum atomic E-state index is -2.68. The molecule has 2 rings (SSSR count). The number of hydrogen-bond donors (Lipinski definition) is 1. The molecule has 1 heterocycles. The van der Waals surface area contributed by atoms with Crippen molar-refractivity contribution in [2.24, 2.45) is 0 Å². The Hall–Kier alpha value is -2.15. The highest BCUT2D eigenvalue weighted by Gasteiger charge is 2.17. The SMILES string of the molecule is CC(NC(=O)N(C)Cc1nccn1C(F)F)c1ccc(Cl)cc1. The van der Waals surface area contributed by atoms with Crippen molar-refractivity contribution in [1.29, 1.82) is 0 Å². The van der Waals surface area contributed by atoms with E-state index in [-0.39, 0.29) is 24.4 Å². The molecule has 8 heteroatoms. The fourth-order valence-corrected chi connectivity index (χ4v) is 2.18. The highest BCUT2D eigenvalue weighted by Crippen LogP contribution is 2.17. The van der Waals surface area contributed by atoms with Crippen LogP contribution in [0.15, 0.2) is 36.7 Å². The first-order valence-corrected chi connectivity index (χ1v) is 7.33. The Morgan fingerprint density at radius 2 is 2.04 bits per heavy atom. The molecule has 124 valence electrons. The van der Waals surface area contributed by atoms with Crippen LogP contribution in [0, 0.1) is 0 Å². The van der Waals surface area contributed by atoms with Crippen molar-refractivity contribution in [1.82, 2.24) is 19.8 Å². The first kappa shape index (κ1) is 17.2. The van der Waals surface area contributed by atoms with E-state index < -0.39 is 6.55 Å². The number of carbonyl (C=O) groups excluding carboxylic acids is 1. The molecule has 0 bridgehead atoms. The van der Waals surface area contributed by atoms with Crippen molar-refractivity contribution < 1.29 is 13.6 Å². The molecule has 2 amide bonds. The summed E-state index contributed by atoms with van der Waals surface area (Å²) in [5.74, 6) is 0.122. The van der Waals surface area contributed by atoms with E-state index in [0.29, 0.717) is 5.02 Å².